The lowest BCUT2D eigenvalue weighted by Crippen LogP contribution is -2.51. The average molecular weight is 302 g/mol. The van der Waals surface area contributed by atoms with Crippen LogP contribution in [0, 0.1) is 0 Å². The van der Waals surface area contributed by atoms with E-state index in [0.717, 1.165) is 5.32 Å². The Morgan fingerprint density at radius 3 is 1.94 bits per heavy atom. The second-order valence-electron chi connectivity index (χ2n) is 2.30. The third-order valence-electron chi connectivity index (χ3n) is 1.04. The van der Waals surface area contributed by atoms with Gasteiger partial charge in [-0.25, -0.2) is 10.5 Å². The van der Waals surface area contributed by atoms with E-state index in [9.17, 15) is 22.8 Å². The van der Waals surface area contributed by atoms with E-state index in [1.807, 2.05) is 0 Å². The fourth-order valence-electron chi connectivity index (χ4n) is 0.486. The summed E-state index contributed by atoms with van der Waals surface area (Å²) in [6.07, 6.45) is -9.21. The van der Waals surface area contributed by atoms with E-state index in [4.69, 9.17) is 40.5 Å². The molecule has 1 unspecified atom stereocenters. The Morgan fingerprint density at radius 2 is 1.69 bits per heavy atom. The van der Waals surface area contributed by atoms with Crippen molar-refractivity contribution in [1.82, 2.24) is 11.1 Å². The summed E-state index contributed by atoms with van der Waals surface area (Å²) in [5.41, 5.74) is 6.32. The van der Waals surface area contributed by atoms with E-state index in [1.54, 1.807) is 0 Å². The van der Waals surface area contributed by atoms with Crippen LogP contribution in [0.5, 0.6) is 0 Å². The monoisotopic (exact) mass is 301 g/mol. The number of rotatable bonds is 2. The maximum absolute atomic E-state index is 11.8. The Bertz CT molecular complexity index is 291. The van der Waals surface area contributed by atoms with Crippen molar-refractivity contribution in [2.24, 2.45) is 0 Å². The van der Waals surface area contributed by atoms with Crippen LogP contribution in [0.15, 0.2) is 0 Å². The molecule has 0 saturated heterocycles. The molecular formula is C5H3Cl3F3N2O3. The first kappa shape index (κ1) is 15.4. The van der Waals surface area contributed by atoms with Crippen LogP contribution in [-0.2, 0) is 9.53 Å². The van der Waals surface area contributed by atoms with Gasteiger partial charge in [0.25, 0.3) is 0 Å². The Morgan fingerprint density at radius 1 is 1.25 bits per heavy atom. The van der Waals surface area contributed by atoms with Crippen LogP contribution < -0.4 is 11.1 Å². The van der Waals surface area contributed by atoms with Crippen LogP contribution in [0.2, 0.25) is 0 Å². The zero-order valence-corrected chi connectivity index (χ0v) is 9.34. The molecule has 0 saturated carbocycles. The van der Waals surface area contributed by atoms with Gasteiger partial charge in [0.15, 0.2) is 0 Å². The number of alkyl halides is 6. The summed E-state index contributed by atoms with van der Waals surface area (Å²) >= 11 is 15.4. The maximum atomic E-state index is 11.8. The highest BCUT2D eigenvalue weighted by Crippen LogP contribution is 2.31. The van der Waals surface area contributed by atoms with Crippen LogP contribution in [0.25, 0.3) is 0 Å². The van der Waals surface area contributed by atoms with Crippen LogP contribution >= 0.6 is 34.8 Å². The van der Waals surface area contributed by atoms with Gasteiger partial charge >= 0.3 is 18.2 Å². The summed E-state index contributed by atoms with van der Waals surface area (Å²) in [6.45, 7) is 0. The first-order chi connectivity index (χ1) is 6.94. The second-order valence-corrected chi connectivity index (χ2v) is 4.67. The highest BCUT2D eigenvalue weighted by molar-refractivity contribution is 6.68. The predicted octanol–water partition coefficient (Wildman–Crippen LogP) is 1.78. The summed E-state index contributed by atoms with van der Waals surface area (Å²) in [5, 5.41) is 1.11. The molecule has 0 aliphatic heterocycles. The zero-order chi connectivity index (χ0) is 13.1. The minimum atomic E-state index is -5.23. The molecule has 5 nitrogen and oxygen atoms in total. The van der Waals surface area contributed by atoms with Gasteiger partial charge in [-0.15, -0.1) is 0 Å². The number of halogens is 6. The molecule has 11 heteroatoms. The van der Waals surface area contributed by atoms with E-state index in [0.29, 0.717) is 0 Å². The van der Waals surface area contributed by atoms with E-state index in [-0.39, 0.29) is 0 Å². The van der Waals surface area contributed by atoms with Gasteiger partial charge in [0.05, 0.1) is 0 Å². The normalized spacial score (nSPS) is 14.1. The average Bonchev–Trinajstić information content (AvgIpc) is 1.98. The summed E-state index contributed by atoms with van der Waals surface area (Å²) in [7, 11) is 0. The molecule has 1 atom stereocenters. The third-order valence-corrected chi connectivity index (χ3v) is 1.64. The summed E-state index contributed by atoms with van der Waals surface area (Å²) in [6, 6.07) is 0. The Kier molecular flexibility index (Phi) is 4.96. The molecule has 1 radical (unpaired) electrons. The van der Waals surface area contributed by atoms with E-state index < -0.39 is 28.2 Å². The third kappa shape index (κ3) is 5.47. The Hall–Kier alpha value is -0.600. The van der Waals surface area contributed by atoms with Crippen molar-refractivity contribution in [2.45, 2.75) is 16.2 Å². The molecular weight excluding hydrogens is 299 g/mol. The summed E-state index contributed by atoms with van der Waals surface area (Å²) in [5.74, 6) is -2.47. The van der Waals surface area contributed by atoms with Crippen molar-refractivity contribution in [3.63, 3.8) is 0 Å². The van der Waals surface area contributed by atoms with E-state index in [2.05, 4.69) is 4.74 Å². The standard InChI is InChI=1S/C5H3Cl3F3N2O3/c6-4(7,8)2(16-3(12)15)13-1(14)5(9,10)11/h2,12H,(H,13,14). The molecule has 0 spiro atoms. The molecule has 93 valence electrons. The van der Waals surface area contributed by atoms with E-state index in [1.165, 1.54) is 0 Å². The molecule has 2 N–H and O–H groups in total. The van der Waals surface area contributed by atoms with Crippen molar-refractivity contribution >= 4 is 46.8 Å². The number of nitrogens with one attached hydrogen (secondary N) is 2. The maximum Gasteiger partial charge on any atom is 0.471 e. The fourth-order valence-corrected chi connectivity index (χ4v) is 0.783. The number of carbonyl (C=O) groups excluding carboxylic acids is 2. The number of hydrogen-bond acceptors (Lipinski definition) is 3. The second kappa shape index (κ2) is 5.15. The fraction of sp³-hybridized carbons (Fsp3) is 0.600. The molecule has 0 bridgehead atoms. The van der Waals surface area contributed by atoms with Crippen LogP contribution in [0.1, 0.15) is 0 Å². The molecule has 0 aromatic carbocycles. The molecule has 0 rings (SSSR count). The molecule has 0 fully saturated rings. The van der Waals surface area contributed by atoms with Gasteiger partial charge in [0.2, 0.25) is 10.0 Å². The first-order valence-electron chi connectivity index (χ1n) is 3.31. The van der Waals surface area contributed by atoms with Crippen molar-refractivity contribution in [3.05, 3.63) is 0 Å². The Labute approximate surface area is 102 Å². The van der Waals surface area contributed by atoms with Gasteiger partial charge in [-0.1, -0.05) is 34.8 Å². The molecule has 0 aromatic rings. The van der Waals surface area contributed by atoms with Crippen LogP contribution in [0.3, 0.4) is 0 Å². The van der Waals surface area contributed by atoms with Crippen molar-refractivity contribution in [3.8, 4) is 0 Å². The van der Waals surface area contributed by atoms with Crippen molar-refractivity contribution in [2.75, 3.05) is 0 Å². The molecule has 2 amide bonds. The molecule has 0 aromatic heterocycles. The van der Waals surface area contributed by atoms with Crippen LogP contribution in [0.4, 0.5) is 18.0 Å². The molecule has 0 aliphatic carbocycles. The lowest BCUT2D eigenvalue weighted by atomic mass is 10.5. The Balaban J connectivity index is 4.70. The highest BCUT2D eigenvalue weighted by Gasteiger charge is 2.45. The van der Waals surface area contributed by atoms with Gasteiger partial charge in [0, 0.05) is 0 Å². The summed E-state index contributed by atoms with van der Waals surface area (Å²) < 4.78 is 36.8. The van der Waals surface area contributed by atoms with Gasteiger partial charge in [-0.2, -0.15) is 13.2 Å². The first-order valence-corrected chi connectivity index (χ1v) is 4.44. The smallest absolute Gasteiger partial charge is 0.420 e. The van der Waals surface area contributed by atoms with Gasteiger partial charge < -0.3 is 10.1 Å². The number of hydrogen-bond donors (Lipinski definition) is 1. The van der Waals surface area contributed by atoms with E-state index >= 15 is 0 Å². The quantitative estimate of drug-likeness (QED) is 0.624. The van der Waals surface area contributed by atoms with Crippen molar-refractivity contribution < 1.29 is 27.5 Å². The lowest BCUT2D eigenvalue weighted by molar-refractivity contribution is -0.176. The minimum Gasteiger partial charge on any atom is -0.420 e. The number of amides is 2. The highest BCUT2D eigenvalue weighted by atomic mass is 35.6. The molecule has 0 aliphatic rings. The van der Waals surface area contributed by atoms with Crippen molar-refractivity contribution in [1.29, 1.82) is 0 Å². The van der Waals surface area contributed by atoms with Gasteiger partial charge in [0.1, 0.15) is 0 Å². The van der Waals surface area contributed by atoms with Crippen LogP contribution in [-0.4, -0.2) is 28.2 Å². The zero-order valence-electron chi connectivity index (χ0n) is 7.07. The largest absolute Gasteiger partial charge is 0.471 e. The SMILES string of the molecule is [NH]C(=O)OC(NC(=O)C(F)(F)F)C(Cl)(Cl)Cl. The lowest BCUT2D eigenvalue weighted by Gasteiger charge is -2.24. The molecule has 16 heavy (non-hydrogen) atoms. The number of ether oxygens (including phenoxy) is 1. The molecule has 0 heterocycles. The minimum absolute atomic E-state index is 1.11. The topological polar surface area (TPSA) is 79.2 Å². The van der Waals surface area contributed by atoms with Gasteiger partial charge in [-0.05, 0) is 0 Å². The summed E-state index contributed by atoms with van der Waals surface area (Å²) in [4.78, 5) is 20.6. The number of carbonyl (C=O) groups is 2. The predicted molar refractivity (Wildman–Crippen MR) is 47.9 cm³/mol. The van der Waals surface area contributed by atoms with Gasteiger partial charge in [-0.3, -0.25) is 4.79 Å².